The van der Waals surface area contributed by atoms with Crippen molar-refractivity contribution in [1.29, 1.82) is 0 Å². The Hall–Kier alpha value is -0.510. The largest absolute Gasteiger partial charge is 0.396 e. The first-order valence-electron chi connectivity index (χ1n) is 6.28. The summed E-state index contributed by atoms with van der Waals surface area (Å²) in [6, 6.07) is 11.0. The van der Waals surface area contributed by atoms with Crippen LogP contribution in [0.3, 0.4) is 0 Å². The molecular formula is C14H23NOS. The van der Waals surface area contributed by atoms with E-state index >= 15 is 0 Å². The number of benzene rings is 1. The maximum Gasteiger partial charge on any atom is 0.0474 e. The van der Waals surface area contributed by atoms with Crippen molar-refractivity contribution in [3.63, 3.8) is 0 Å². The van der Waals surface area contributed by atoms with Crippen LogP contribution in [-0.2, 0) is 6.54 Å². The van der Waals surface area contributed by atoms with Crippen LogP contribution in [-0.4, -0.2) is 17.8 Å². The molecule has 0 saturated heterocycles. The van der Waals surface area contributed by atoms with Gasteiger partial charge in [0.1, 0.15) is 0 Å². The van der Waals surface area contributed by atoms with Crippen LogP contribution in [0.1, 0.15) is 31.2 Å². The van der Waals surface area contributed by atoms with Crippen molar-refractivity contribution in [3.05, 3.63) is 35.9 Å². The third kappa shape index (κ3) is 4.34. The van der Waals surface area contributed by atoms with E-state index in [-0.39, 0.29) is 13.5 Å². The SMILES string of the molecule is OC[C@@H]1CCCC[C@@H]1NCc1ccccc1.S. The molecule has 1 aromatic rings. The molecule has 0 spiro atoms. The zero-order valence-electron chi connectivity index (χ0n) is 10.2. The fourth-order valence-corrected chi connectivity index (χ4v) is 2.54. The summed E-state index contributed by atoms with van der Waals surface area (Å²) in [5, 5.41) is 12.9. The quantitative estimate of drug-likeness (QED) is 0.864. The molecule has 0 heterocycles. The molecule has 1 aliphatic rings. The van der Waals surface area contributed by atoms with Gasteiger partial charge in [-0.3, -0.25) is 0 Å². The third-order valence-electron chi connectivity index (χ3n) is 3.55. The van der Waals surface area contributed by atoms with Crippen molar-refractivity contribution in [2.24, 2.45) is 5.92 Å². The number of hydrogen-bond acceptors (Lipinski definition) is 2. The summed E-state index contributed by atoms with van der Waals surface area (Å²) in [7, 11) is 0. The Morgan fingerprint density at radius 2 is 1.82 bits per heavy atom. The molecular weight excluding hydrogens is 230 g/mol. The maximum atomic E-state index is 9.32. The van der Waals surface area contributed by atoms with Gasteiger partial charge in [0.05, 0.1) is 0 Å². The van der Waals surface area contributed by atoms with Crippen molar-refractivity contribution < 1.29 is 5.11 Å². The Kier molecular flexibility index (Phi) is 6.63. The number of hydrogen-bond donors (Lipinski definition) is 2. The van der Waals surface area contributed by atoms with Gasteiger partial charge in [0, 0.05) is 19.2 Å². The van der Waals surface area contributed by atoms with E-state index in [1.54, 1.807) is 0 Å². The van der Waals surface area contributed by atoms with Gasteiger partial charge in [0.15, 0.2) is 0 Å². The van der Waals surface area contributed by atoms with Gasteiger partial charge in [-0.2, -0.15) is 13.5 Å². The molecule has 2 atom stereocenters. The number of nitrogens with one attached hydrogen (secondary N) is 1. The second kappa shape index (κ2) is 7.75. The molecule has 0 amide bonds. The molecule has 96 valence electrons. The molecule has 0 unspecified atom stereocenters. The summed E-state index contributed by atoms with van der Waals surface area (Å²) in [6.07, 6.45) is 4.94. The summed E-state index contributed by atoms with van der Waals surface area (Å²) >= 11 is 0. The van der Waals surface area contributed by atoms with Gasteiger partial charge in [-0.15, -0.1) is 0 Å². The van der Waals surface area contributed by atoms with E-state index in [0.717, 1.165) is 6.54 Å². The zero-order chi connectivity index (χ0) is 11.2. The molecule has 2 nitrogen and oxygen atoms in total. The van der Waals surface area contributed by atoms with Gasteiger partial charge in [-0.1, -0.05) is 43.2 Å². The van der Waals surface area contributed by atoms with E-state index in [0.29, 0.717) is 18.6 Å². The van der Waals surface area contributed by atoms with Crippen LogP contribution in [0.4, 0.5) is 0 Å². The van der Waals surface area contributed by atoms with E-state index in [1.807, 2.05) is 6.07 Å². The van der Waals surface area contributed by atoms with Crippen molar-refractivity contribution in [2.75, 3.05) is 6.61 Å². The van der Waals surface area contributed by atoms with Crippen LogP contribution in [0.15, 0.2) is 30.3 Å². The van der Waals surface area contributed by atoms with Gasteiger partial charge in [0.25, 0.3) is 0 Å². The van der Waals surface area contributed by atoms with Crippen LogP contribution in [0.5, 0.6) is 0 Å². The van der Waals surface area contributed by atoms with Gasteiger partial charge >= 0.3 is 0 Å². The molecule has 0 aromatic heterocycles. The lowest BCUT2D eigenvalue weighted by molar-refractivity contribution is 0.152. The third-order valence-corrected chi connectivity index (χ3v) is 3.55. The van der Waals surface area contributed by atoms with Crippen molar-refractivity contribution in [2.45, 2.75) is 38.3 Å². The van der Waals surface area contributed by atoms with Crippen molar-refractivity contribution >= 4 is 13.5 Å². The van der Waals surface area contributed by atoms with Crippen molar-refractivity contribution in [1.82, 2.24) is 5.32 Å². The standard InChI is InChI=1S/C14H21NO.H2S/c16-11-13-8-4-5-9-14(13)15-10-12-6-2-1-3-7-12;/h1-3,6-7,13-16H,4-5,8-11H2;1H2/t13-,14-;/m0./s1. The average molecular weight is 253 g/mol. The lowest BCUT2D eigenvalue weighted by atomic mass is 9.85. The highest BCUT2D eigenvalue weighted by Crippen LogP contribution is 2.24. The highest BCUT2D eigenvalue weighted by molar-refractivity contribution is 7.59. The molecule has 1 aliphatic carbocycles. The van der Waals surface area contributed by atoms with Crippen LogP contribution >= 0.6 is 13.5 Å². The fourth-order valence-electron chi connectivity index (χ4n) is 2.54. The first kappa shape index (κ1) is 14.6. The van der Waals surface area contributed by atoms with Gasteiger partial charge in [0.2, 0.25) is 0 Å². The first-order valence-corrected chi connectivity index (χ1v) is 6.28. The number of aliphatic hydroxyl groups excluding tert-OH is 1. The molecule has 3 heteroatoms. The van der Waals surface area contributed by atoms with Crippen LogP contribution in [0.2, 0.25) is 0 Å². The number of aliphatic hydroxyl groups is 1. The molecule has 0 aliphatic heterocycles. The van der Waals surface area contributed by atoms with Crippen LogP contribution in [0, 0.1) is 5.92 Å². The minimum Gasteiger partial charge on any atom is -0.396 e. The fraction of sp³-hybridized carbons (Fsp3) is 0.571. The lowest BCUT2D eigenvalue weighted by Crippen LogP contribution is -2.39. The predicted octanol–water partition coefficient (Wildman–Crippen LogP) is 2.44. The highest BCUT2D eigenvalue weighted by Gasteiger charge is 2.23. The summed E-state index contributed by atoms with van der Waals surface area (Å²) in [4.78, 5) is 0. The maximum absolute atomic E-state index is 9.32. The second-order valence-corrected chi connectivity index (χ2v) is 4.70. The molecule has 2 N–H and O–H groups in total. The predicted molar refractivity (Wildman–Crippen MR) is 76.5 cm³/mol. The molecule has 1 fully saturated rings. The van der Waals surface area contributed by atoms with Gasteiger partial charge < -0.3 is 10.4 Å². The Morgan fingerprint density at radius 3 is 2.53 bits per heavy atom. The van der Waals surface area contributed by atoms with Crippen LogP contribution in [0.25, 0.3) is 0 Å². The van der Waals surface area contributed by atoms with E-state index < -0.39 is 0 Å². The molecule has 17 heavy (non-hydrogen) atoms. The van der Waals surface area contributed by atoms with Gasteiger partial charge in [-0.05, 0) is 24.3 Å². The second-order valence-electron chi connectivity index (χ2n) is 4.70. The Morgan fingerprint density at radius 1 is 1.12 bits per heavy atom. The summed E-state index contributed by atoms with van der Waals surface area (Å²) in [5.41, 5.74) is 1.32. The Bertz CT molecular complexity index is 304. The monoisotopic (exact) mass is 253 g/mol. The molecule has 1 saturated carbocycles. The first-order chi connectivity index (χ1) is 7.90. The van der Waals surface area contributed by atoms with E-state index in [1.165, 1.54) is 31.2 Å². The Labute approximate surface area is 111 Å². The summed E-state index contributed by atoms with van der Waals surface area (Å²) < 4.78 is 0. The molecule has 0 bridgehead atoms. The summed E-state index contributed by atoms with van der Waals surface area (Å²) in [6.45, 7) is 1.24. The zero-order valence-corrected chi connectivity index (χ0v) is 11.2. The molecule has 2 rings (SSSR count). The summed E-state index contributed by atoms with van der Waals surface area (Å²) in [5.74, 6) is 0.456. The minimum atomic E-state index is 0. The lowest BCUT2D eigenvalue weighted by Gasteiger charge is -2.31. The topological polar surface area (TPSA) is 32.3 Å². The average Bonchev–Trinajstić information content (AvgIpc) is 2.38. The Balaban J connectivity index is 0.00000144. The normalized spacial score (nSPS) is 24.1. The minimum absolute atomic E-state index is 0. The van der Waals surface area contributed by atoms with Crippen molar-refractivity contribution in [3.8, 4) is 0 Å². The molecule has 1 aromatic carbocycles. The van der Waals surface area contributed by atoms with E-state index in [4.69, 9.17) is 0 Å². The smallest absolute Gasteiger partial charge is 0.0474 e. The van der Waals surface area contributed by atoms with E-state index in [2.05, 4.69) is 29.6 Å². The highest BCUT2D eigenvalue weighted by atomic mass is 32.1. The number of rotatable bonds is 4. The van der Waals surface area contributed by atoms with Gasteiger partial charge in [-0.25, -0.2) is 0 Å². The van der Waals surface area contributed by atoms with E-state index in [9.17, 15) is 5.11 Å². The molecule has 0 radical (unpaired) electrons. The van der Waals surface area contributed by atoms with Crippen LogP contribution < -0.4 is 5.32 Å².